The van der Waals surface area contributed by atoms with E-state index in [1.165, 1.54) is 12.1 Å². The van der Waals surface area contributed by atoms with Gasteiger partial charge in [-0.25, -0.2) is 4.98 Å². The molecule has 0 saturated heterocycles. The van der Waals surface area contributed by atoms with Gasteiger partial charge < -0.3 is 5.32 Å². The fourth-order valence-electron chi connectivity index (χ4n) is 1.70. The van der Waals surface area contributed by atoms with E-state index in [4.69, 9.17) is 34.8 Å². The van der Waals surface area contributed by atoms with Crippen molar-refractivity contribution in [2.75, 3.05) is 5.32 Å². The Morgan fingerprint density at radius 2 is 1.85 bits per heavy atom. The van der Waals surface area contributed by atoms with Crippen molar-refractivity contribution in [2.45, 2.75) is 19.8 Å². The molecule has 0 aliphatic heterocycles. The smallest absolute Gasteiger partial charge is 0.252 e. The molecule has 1 aromatic carbocycles. The summed E-state index contributed by atoms with van der Waals surface area (Å²) in [5.74, 6) is 0.321. The van der Waals surface area contributed by atoms with Crippen LogP contribution in [0.5, 0.6) is 0 Å². The zero-order valence-electron chi connectivity index (χ0n) is 10.6. The molecule has 0 atom stereocenters. The summed E-state index contributed by atoms with van der Waals surface area (Å²) in [6.45, 7) is 2.02. The topological polar surface area (TPSA) is 57.8 Å². The van der Waals surface area contributed by atoms with Crippen LogP contribution in [0.15, 0.2) is 23.0 Å². The minimum absolute atomic E-state index is 0.220. The number of halogens is 3. The SMILES string of the molecule is CCCc1cc(=O)[nH]c(Nc2cc(Cl)c(Cl)cc2Cl)n1. The van der Waals surface area contributed by atoms with Gasteiger partial charge in [-0.05, 0) is 18.6 Å². The van der Waals surface area contributed by atoms with Crippen molar-refractivity contribution in [3.8, 4) is 0 Å². The van der Waals surface area contributed by atoms with Crippen LogP contribution in [0.3, 0.4) is 0 Å². The summed E-state index contributed by atoms with van der Waals surface area (Å²) in [4.78, 5) is 18.5. The van der Waals surface area contributed by atoms with Gasteiger partial charge in [0.15, 0.2) is 0 Å². The number of benzene rings is 1. The van der Waals surface area contributed by atoms with Gasteiger partial charge in [-0.2, -0.15) is 0 Å². The fraction of sp³-hybridized carbons (Fsp3) is 0.231. The normalized spacial score (nSPS) is 10.6. The van der Waals surface area contributed by atoms with Crippen LogP contribution in [0, 0.1) is 0 Å². The number of rotatable bonds is 4. The Labute approximate surface area is 131 Å². The number of H-pyrrole nitrogens is 1. The predicted octanol–water partition coefficient (Wildman–Crippen LogP) is 4.43. The molecule has 2 aromatic rings. The maximum atomic E-state index is 11.6. The molecule has 0 fully saturated rings. The molecular formula is C13H12Cl3N3O. The highest BCUT2D eigenvalue weighted by Gasteiger charge is 2.08. The molecule has 2 N–H and O–H groups in total. The first-order valence-electron chi connectivity index (χ1n) is 6.01. The van der Waals surface area contributed by atoms with E-state index < -0.39 is 0 Å². The molecule has 20 heavy (non-hydrogen) atoms. The van der Waals surface area contributed by atoms with Crippen LogP contribution in [-0.2, 0) is 6.42 Å². The average molecular weight is 333 g/mol. The van der Waals surface area contributed by atoms with Crippen molar-refractivity contribution < 1.29 is 0 Å². The van der Waals surface area contributed by atoms with Crippen LogP contribution in [0.25, 0.3) is 0 Å². The van der Waals surface area contributed by atoms with Gasteiger partial charge in [-0.15, -0.1) is 0 Å². The van der Waals surface area contributed by atoms with Crippen molar-refractivity contribution in [3.63, 3.8) is 0 Å². The van der Waals surface area contributed by atoms with Crippen molar-refractivity contribution in [3.05, 3.63) is 49.3 Å². The van der Waals surface area contributed by atoms with E-state index in [-0.39, 0.29) is 5.56 Å². The van der Waals surface area contributed by atoms with E-state index in [1.54, 1.807) is 6.07 Å². The third kappa shape index (κ3) is 3.66. The van der Waals surface area contributed by atoms with E-state index in [1.807, 2.05) is 6.92 Å². The van der Waals surface area contributed by atoms with Gasteiger partial charge in [0.05, 0.1) is 20.8 Å². The number of nitrogens with zero attached hydrogens (tertiary/aromatic N) is 1. The fourth-order valence-corrected chi connectivity index (χ4v) is 2.29. The molecule has 2 rings (SSSR count). The van der Waals surface area contributed by atoms with Crippen LogP contribution < -0.4 is 10.9 Å². The predicted molar refractivity (Wildman–Crippen MR) is 83.6 cm³/mol. The van der Waals surface area contributed by atoms with Crippen LogP contribution in [0.4, 0.5) is 11.6 Å². The highest BCUT2D eigenvalue weighted by atomic mass is 35.5. The van der Waals surface area contributed by atoms with E-state index in [0.717, 1.165) is 18.5 Å². The molecule has 106 valence electrons. The molecule has 1 aromatic heterocycles. The lowest BCUT2D eigenvalue weighted by molar-refractivity contribution is 0.870. The molecule has 0 spiro atoms. The minimum atomic E-state index is -0.220. The number of hydrogen-bond acceptors (Lipinski definition) is 3. The lowest BCUT2D eigenvalue weighted by atomic mass is 10.2. The number of anilines is 2. The zero-order chi connectivity index (χ0) is 14.7. The Morgan fingerprint density at radius 3 is 2.55 bits per heavy atom. The Kier molecular flexibility index (Phi) is 4.91. The largest absolute Gasteiger partial charge is 0.324 e. The molecule has 0 unspecified atom stereocenters. The van der Waals surface area contributed by atoms with Gasteiger partial charge in [0.1, 0.15) is 0 Å². The van der Waals surface area contributed by atoms with Crippen LogP contribution in [0.2, 0.25) is 15.1 Å². The molecule has 0 saturated carbocycles. The third-order valence-electron chi connectivity index (χ3n) is 2.56. The summed E-state index contributed by atoms with van der Waals surface area (Å²) in [6, 6.07) is 4.59. The van der Waals surface area contributed by atoms with Crippen molar-refractivity contribution >= 4 is 46.4 Å². The lowest BCUT2D eigenvalue weighted by Gasteiger charge is -2.09. The lowest BCUT2D eigenvalue weighted by Crippen LogP contribution is -2.12. The van der Waals surface area contributed by atoms with Crippen molar-refractivity contribution in [1.29, 1.82) is 0 Å². The van der Waals surface area contributed by atoms with E-state index in [9.17, 15) is 4.79 Å². The van der Waals surface area contributed by atoms with Crippen LogP contribution in [0.1, 0.15) is 19.0 Å². The molecule has 0 bridgehead atoms. The van der Waals surface area contributed by atoms with E-state index in [0.29, 0.717) is 26.7 Å². The van der Waals surface area contributed by atoms with Crippen LogP contribution >= 0.6 is 34.8 Å². The first kappa shape index (κ1) is 15.2. The average Bonchev–Trinajstić information content (AvgIpc) is 2.35. The first-order chi connectivity index (χ1) is 9.49. The summed E-state index contributed by atoms with van der Waals surface area (Å²) >= 11 is 17.9. The van der Waals surface area contributed by atoms with Gasteiger partial charge in [0.25, 0.3) is 5.56 Å². The third-order valence-corrected chi connectivity index (χ3v) is 3.60. The van der Waals surface area contributed by atoms with Gasteiger partial charge in [-0.1, -0.05) is 48.1 Å². The highest BCUT2D eigenvalue weighted by molar-refractivity contribution is 6.44. The first-order valence-corrected chi connectivity index (χ1v) is 7.14. The van der Waals surface area contributed by atoms with Gasteiger partial charge >= 0.3 is 0 Å². The maximum Gasteiger partial charge on any atom is 0.252 e. The summed E-state index contributed by atoms with van der Waals surface area (Å²) in [5, 5.41) is 4.06. The van der Waals surface area contributed by atoms with Gasteiger partial charge in [0, 0.05) is 11.8 Å². The summed E-state index contributed by atoms with van der Waals surface area (Å²) in [6.07, 6.45) is 1.64. The molecule has 0 aliphatic carbocycles. The number of aromatic nitrogens is 2. The Bertz CT molecular complexity index is 685. The zero-order valence-corrected chi connectivity index (χ0v) is 12.9. The second-order valence-corrected chi connectivity index (χ2v) is 5.43. The van der Waals surface area contributed by atoms with E-state index >= 15 is 0 Å². The summed E-state index contributed by atoms with van der Waals surface area (Å²) < 4.78 is 0. The molecule has 0 aliphatic rings. The molecule has 1 heterocycles. The van der Waals surface area contributed by atoms with E-state index in [2.05, 4.69) is 15.3 Å². The standard InChI is InChI=1S/C13H12Cl3N3O/c1-2-3-7-4-12(20)19-13(17-7)18-11-6-9(15)8(14)5-10(11)16/h4-6H,2-3H2,1H3,(H2,17,18,19,20). The number of aromatic amines is 1. The summed E-state index contributed by atoms with van der Waals surface area (Å²) in [5.41, 5.74) is 1.02. The Morgan fingerprint density at radius 1 is 1.15 bits per heavy atom. The van der Waals surface area contributed by atoms with Crippen molar-refractivity contribution in [2.24, 2.45) is 0 Å². The maximum absolute atomic E-state index is 11.6. The van der Waals surface area contributed by atoms with Crippen LogP contribution in [-0.4, -0.2) is 9.97 Å². The number of aryl methyl sites for hydroxylation is 1. The number of nitrogens with one attached hydrogen (secondary N) is 2. The Hall–Kier alpha value is -1.23. The monoisotopic (exact) mass is 331 g/mol. The quantitative estimate of drug-likeness (QED) is 0.815. The second-order valence-electron chi connectivity index (χ2n) is 4.21. The number of hydrogen-bond donors (Lipinski definition) is 2. The molecular weight excluding hydrogens is 321 g/mol. The molecule has 7 heteroatoms. The summed E-state index contributed by atoms with van der Waals surface area (Å²) in [7, 11) is 0. The Balaban J connectivity index is 2.34. The molecule has 0 radical (unpaired) electrons. The molecule has 0 amide bonds. The highest BCUT2D eigenvalue weighted by Crippen LogP contribution is 2.33. The van der Waals surface area contributed by atoms with Gasteiger partial charge in [0.2, 0.25) is 5.95 Å². The minimum Gasteiger partial charge on any atom is -0.324 e. The van der Waals surface area contributed by atoms with Crippen molar-refractivity contribution in [1.82, 2.24) is 9.97 Å². The molecule has 4 nitrogen and oxygen atoms in total. The van der Waals surface area contributed by atoms with Gasteiger partial charge in [-0.3, -0.25) is 9.78 Å². The second kappa shape index (κ2) is 6.48.